The Hall–Kier alpha value is -1.40. The van der Waals surface area contributed by atoms with Crippen LogP contribution in [-0.2, 0) is 4.79 Å². The van der Waals surface area contributed by atoms with Crippen LogP contribution in [-0.4, -0.2) is 30.4 Å². The quantitative estimate of drug-likeness (QED) is 0.683. The largest absolute Gasteiger partial charge is 0.354 e. The van der Waals surface area contributed by atoms with Crippen molar-refractivity contribution < 1.29 is 9.59 Å². The van der Waals surface area contributed by atoms with Crippen LogP contribution in [0, 0.1) is 5.92 Å². The number of nitrogens with one attached hydrogen (secondary N) is 2. The molecule has 2 amide bonds. The van der Waals surface area contributed by atoms with E-state index in [0.717, 1.165) is 30.2 Å². The Kier molecular flexibility index (Phi) is 6.18. The van der Waals surface area contributed by atoms with E-state index in [1.807, 2.05) is 19.1 Å². The molecule has 1 aromatic carbocycles. The van der Waals surface area contributed by atoms with Crippen LogP contribution in [0.1, 0.15) is 43.0 Å². The Morgan fingerprint density at radius 1 is 1.22 bits per heavy atom. The highest BCUT2D eigenvalue weighted by atomic mass is 79.9. The lowest BCUT2D eigenvalue weighted by Crippen LogP contribution is -2.53. The summed E-state index contributed by atoms with van der Waals surface area (Å²) in [5.74, 6) is -0.293. The van der Waals surface area contributed by atoms with Gasteiger partial charge in [0, 0.05) is 28.7 Å². The van der Waals surface area contributed by atoms with Crippen molar-refractivity contribution in [2.75, 3.05) is 13.1 Å². The minimum absolute atomic E-state index is 0.00686. The summed E-state index contributed by atoms with van der Waals surface area (Å²) in [6.07, 6.45) is 3.85. The number of benzene rings is 1. The van der Waals surface area contributed by atoms with Crippen molar-refractivity contribution >= 4 is 27.7 Å². The third-order valence-corrected chi connectivity index (χ3v) is 4.92. The van der Waals surface area contributed by atoms with Crippen LogP contribution < -0.4 is 16.4 Å². The Balaban J connectivity index is 1.73. The molecule has 0 bridgehead atoms. The van der Waals surface area contributed by atoms with Crippen LogP contribution in [0.5, 0.6) is 0 Å². The molecule has 2 unspecified atom stereocenters. The van der Waals surface area contributed by atoms with E-state index in [2.05, 4.69) is 26.6 Å². The average molecular weight is 382 g/mol. The maximum absolute atomic E-state index is 12.3. The third kappa shape index (κ3) is 5.04. The Morgan fingerprint density at radius 3 is 2.52 bits per heavy atom. The fraction of sp³-hybridized carbons (Fsp3) is 0.529. The number of nitrogens with two attached hydrogens (primary N) is 1. The second-order valence-electron chi connectivity index (χ2n) is 6.36. The topological polar surface area (TPSA) is 84.2 Å². The number of hydrogen-bond acceptors (Lipinski definition) is 3. The predicted octanol–water partition coefficient (Wildman–Crippen LogP) is 2.20. The van der Waals surface area contributed by atoms with Gasteiger partial charge in [0.05, 0.1) is 5.92 Å². The van der Waals surface area contributed by atoms with E-state index in [0.29, 0.717) is 18.7 Å². The zero-order valence-electron chi connectivity index (χ0n) is 13.4. The molecule has 0 radical (unpaired) electrons. The van der Waals surface area contributed by atoms with E-state index in [1.165, 1.54) is 0 Å². The molecule has 126 valence electrons. The van der Waals surface area contributed by atoms with Crippen LogP contribution >= 0.6 is 15.9 Å². The number of carbonyl (C=O) groups is 2. The molecular weight excluding hydrogens is 358 g/mol. The predicted molar refractivity (Wildman–Crippen MR) is 94.0 cm³/mol. The number of amides is 2. The van der Waals surface area contributed by atoms with Gasteiger partial charge in [-0.3, -0.25) is 9.59 Å². The third-order valence-electron chi connectivity index (χ3n) is 4.39. The standard InChI is InChI=1S/C17H24BrN3O2/c1-17(19)9-3-2-4-14(17)16(23)21-11-10-20-15(22)12-5-7-13(18)8-6-12/h5-8,14H,2-4,9-11,19H2,1H3,(H,20,22)(H,21,23). The molecule has 1 fully saturated rings. The number of hydrogen-bond donors (Lipinski definition) is 3. The molecule has 0 aromatic heterocycles. The first-order valence-electron chi connectivity index (χ1n) is 8.00. The van der Waals surface area contributed by atoms with Crippen LogP contribution in [0.4, 0.5) is 0 Å². The van der Waals surface area contributed by atoms with E-state index < -0.39 is 5.54 Å². The van der Waals surface area contributed by atoms with E-state index in [4.69, 9.17) is 5.73 Å². The monoisotopic (exact) mass is 381 g/mol. The van der Waals surface area contributed by atoms with Crippen LogP contribution in [0.15, 0.2) is 28.7 Å². The second-order valence-corrected chi connectivity index (χ2v) is 7.27. The maximum atomic E-state index is 12.3. The van der Waals surface area contributed by atoms with Crippen molar-refractivity contribution in [3.63, 3.8) is 0 Å². The normalized spacial score (nSPS) is 24.0. The molecule has 1 aromatic rings. The van der Waals surface area contributed by atoms with Crippen molar-refractivity contribution in [3.8, 4) is 0 Å². The van der Waals surface area contributed by atoms with E-state index >= 15 is 0 Å². The maximum Gasteiger partial charge on any atom is 0.251 e. The highest BCUT2D eigenvalue weighted by Crippen LogP contribution is 2.31. The van der Waals surface area contributed by atoms with Gasteiger partial charge in [-0.05, 0) is 44.0 Å². The second kappa shape index (κ2) is 7.93. The Bertz CT molecular complexity index is 557. The Morgan fingerprint density at radius 2 is 1.87 bits per heavy atom. The molecule has 0 saturated heterocycles. The number of halogens is 1. The van der Waals surface area contributed by atoms with Crippen LogP contribution in [0.2, 0.25) is 0 Å². The van der Waals surface area contributed by atoms with Gasteiger partial charge in [-0.25, -0.2) is 0 Å². The lowest BCUT2D eigenvalue weighted by Gasteiger charge is -2.37. The van der Waals surface area contributed by atoms with Crippen molar-refractivity contribution in [2.45, 2.75) is 38.1 Å². The molecule has 1 aliphatic rings. The smallest absolute Gasteiger partial charge is 0.251 e. The van der Waals surface area contributed by atoms with Crippen molar-refractivity contribution in [3.05, 3.63) is 34.3 Å². The van der Waals surface area contributed by atoms with Gasteiger partial charge in [0.1, 0.15) is 0 Å². The number of carbonyl (C=O) groups excluding carboxylic acids is 2. The van der Waals surface area contributed by atoms with Crippen LogP contribution in [0.25, 0.3) is 0 Å². The molecule has 0 aliphatic heterocycles. The lowest BCUT2D eigenvalue weighted by atomic mass is 9.74. The summed E-state index contributed by atoms with van der Waals surface area (Å²) in [5.41, 5.74) is 6.40. The Labute approximate surface area is 145 Å². The summed E-state index contributed by atoms with van der Waals surface area (Å²) >= 11 is 3.33. The molecule has 2 atom stereocenters. The summed E-state index contributed by atoms with van der Waals surface area (Å²) in [6.45, 7) is 2.76. The summed E-state index contributed by atoms with van der Waals surface area (Å²) < 4.78 is 0.929. The first-order valence-corrected chi connectivity index (χ1v) is 8.80. The van der Waals surface area contributed by atoms with Gasteiger partial charge < -0.3 is 16.4 Å². The minimum atomic E-state index is -0.428. The fourth-order valence-electron chi connectivity index (χ4n) is 2.98. The van der Waals surface area contributed by atoms with Gasteiger partial charge in [0.2, 0.25) is 5.91 Å². The molecule has 23 heavy (non-hydrogen) atoms. The SMILES string of the molecule is CC1(N)CCCCC1C(=O)NCCNC(=O)c1ccc(Br)cc1. The summed E-state index contributed by atoms with van der Waals surface area (Å²) in [5, 5.41) is 5.68. The lowest BCUT2D eigenvalue weighted by molar-refractivity contribution is -0.128. The molecule has 5 nitrogen and oxygen atoms in total. The van der Waals surface area contributed by atoms with E-state index in [-0.39, 0.29) is 17.7 Å². The van der Waals surface area contributed by atoms with E-state index in [9.17, 15) is 9.59 Å². The van der Waals surface area contributed by atoms with Gasteiger partial charge in [-0.2, -0.15) is 0 Å². The van der Waals surface area contributed by atoms with E-state index in [1.54, 1.807) is 12.1 Å². The molecule has 6 heteroatoms. The van der Waals surface area contributed by atoms with Crippen molar-refractivity contribution in [1.29, 1.82) is 0 Å². The molecule has 4 N–H and O–H groups in total. The van der Waals surface area contributed by atoms with Gasteiger partial charge >= 0.3 is 0 Å². The zero-order chi connectivity index (χ0) is 16.9. The molecule has 1 saturated carbocycles. The first kappa shape index (κ1) is 17.9. The minimum Gasteiger partial charge on any atom is -0.354 e. The summed E-state index contributed by atoms with van der Waals surface area (Å²) in [4.78, 5) is 24.2. The summed E-state index contributed by atoms with van der Waals surface area (Å²) in [7, 11) is 0. The molecule has 2 rings (SSSR count). The van der Waals surface area contributed by atoms with Gasteiger partial charge in [-0.15, -0.1) is 0 Å². The van der Waals surface area contributed by atoms with Crippen molar-refractivity contribution in [2.24, 2.45) is 11.7 Å². The van der Waals surface area contributed by atoms with Gasteiger partial charge in [0.15, 0.2) is 0 Å². The molecule has 0 heterocycles. The van der Waals surface area contributed by atoms with Crippen LogP contribution in [0.3, 0.4) is 0 Å². The molecule has 1 aliphatic carbocycles. The van der Waals surface area contributed by atoms with Gasteiger partial charge in [0.25, 0.3) is 5.91 Å². The first-order chi connectivity index (χ1) is 10.9. The average Bonchev–Trinajstić information content (AvgIpc) is 2.51. The van der Waals surface area contributed by atoms with Crippen molar-refractivity contribution in [1.82, 2.24) is 10.6 Å². The fourth-order valence-corrected chi connectivity index (χ4v) is 3.24. The highest BCUT2D eigenvalue weighted by Gasteiger charge is 2.37. The molecule has 0 spiro atoms. The summed E-state index contributed by atoms with van der Waals surface area (Å²) in [6, 6.07) is 7.14. The highest BCUT2D eigenvalue weighted by molar-refractivity contribution is 9.10. The number of rotatable bonds is 5. The van der Waals surface area contributed by atoms with Gasteiger partial charge in [-0.1, -0.05) is 28.8 Å². The zero-order valence-corrected chi connectivity index (χ0v) is 15.0. The molecular formula is C17H24BrN3O2.